The number of carbonyl (C=O) groups excluding carboxylic acids is 1. The molecule has 1 atom stereocenters. The molecular formula is C23H38N4O2. The van der Waals surface area contributed by atoms with E-state index in [4.69, 9.17) is 9.73 Å². The summed E-state index contributed by atoms with van der Waals surface area (Å²) >= 11 is 0. The Morgan fingerprint density at radius 3 is 2.69 bits per heavy atom. The normalized spacial score (nSPS) is 17.7. The quantitative estimate of drug-likeness (QED) is 0.542. The van der Waals surface area contributed by atoms with E-state index in [0.29, 0.717) is 13.2 Å². The third kappa shape index (κ3) is 8.05. The Labute approximate surface area is 176 Å². The van der Waals surface area contributed by atoms with Crippen LogP contribution < -0.4 is 10.6 Å². The molecule has 1 aliphatic rings. The molecule has 0 bridgehead atoms. The van der Waals surface area contributed by atoms with Gasteiger partial charge >= 0.3 is 0 Å². The molecule has 0 saturated carbocycles. The van der Waals surface area contributed by atoms with E-state index >= 15 is 0 Å². The highest BCUT2D eigenvalue weighted by atomic mass is 16.5. The van der Waals surface area contributed by atoms with Gasteiger partial charge in [-0.2, -0.15) is 0 Å². The highest BCUT2D eigenvalue weighted by Crippen LogP contribution is 2.14. The van der Waals surface area contributed by atoms with Crippen molar-refractivity contribution < 1.29 is 9.53 Å². The first-order valence-corrected chi connectivity index (χ1v) is 10.7. The van der Waals surface area contributed by atoms with Crippen molar-refractivity contribution in [3.05, 3.63) is 35.4 Å². The van der Waals surface area contributed by atoms with Crippen molar-refractivity contribution in [2.75, 3.05) is 19.6 Å². The molecule has 162 valence electrons. The lowest BCUT2D eigenvalue weighted by atomic mass is 10.1. The molecule has 0 radical (unpaired) electrons. The van der Waals surface area contributed by atoms with Crippen LogP contribution in [-0.2, 0) is 22.7 Å². The summed E-state index contributed by atoms with van der Waals surface area (Å²) < 4.78 is 5.88. The first-order valence-electron chi connectivity index (χ1n) is 10.7. The minimum atomic E-state index is -0.150. The molecule has 0 aliphatic carbocycles. The van der Waals surface area contributed by atoms with Gasteiger partial charge in [0.05, 0.1) is 18.8 Å². The number of rotatable bonds is 7. The third-order valence-electron chi connectivity index (χ3n) is 4.76. The fourth-order valence-electron chi connectivity index (χ4n) is 3.24. The van der Waals surface area contributed by atoms with Gasteiger partial charge in [-0.15, -0.1) is 0 Å². The first-order chi connectivity index (χ1) is 13.7. The number of carbonyl (C=O) groups is 1. The van der Waals surface area contributed by atoms with Gasteiger partial charge in [-0.25, -0.2) is 4.99 Å². The molecule has 0 spiro atoms. The van der Waals surface area contributed by atoms with E-state index < -0.39 is 0 Å². The zero-order valence-corrected chi connectivity index (χ0v) is 18.9. The van der Waals surface area contributed by atoms with Gasteiger partial charge in [-0.05, 0) is 45.2 Å². The summed E-state index contributed by atoms with van der Waals surface area (Å²) in [7, 11) is 0. The number of likely N-dealkylation sites (tertiary alicyclic amines) is 1. The van der Waals surface area contributed by atoms with Crippen LogP contribution in [0, 0.1) is 5.92 Å². The number of ether oxygens (including phenoxy) is 1. The Hall–Kier alpha value is -2.08. The number of amides is 1. The number of hydrogen-bond acceptors (Lipinski definition) is 3. The molecule has 1 unspecified atom stereocenters. The van der Waals surface area contributed by atoms with Crippen molar-refractivity contribution in [3.63, 3.8) is 0 Å². The number of nitrogens with zero attached hydrogens (tertiary/aromatic N) is 2. The average Bonchev–Trinajstić information content (AvgIpc) is 3.12. The van der Waals surface area contributed by atoms with Crippen molar-refractivity contribution in [3.8, 4) is 0 Å². The smallest absolute Gasteiger partial charge is 0.225 e. The topological polar surface area (TPSA) is 66.0 Å². The summed E-state index contributed by atoms with van der Waals surface area (Å²) in [4.78, 5) is 18.9. The Balaban J connectivity index is 1.95. The molecule has 1 aliphatic heterocycles. The minimum Gasteiger partial charge on any atom is -0.371 e. The molecule has 6 nitrogen and oxygen atoms in total. The summed E-state index contributed by atoms with van der Waals surface area (Å²) in [6.07, 6.45) is 0.947. The van der Waals surface area contributed by atoms with E-state index in [0.717, 1.165) is 43.1 Å². The maximum Gasteiger partial charge on any atom is 0.225 e. The predicted molar refractivity (Wildman–Crippen MR) is 119 cm³/mol. The second kappa shape index (κ2) is 10.6. The molecule has 1 amide bonds. The van der Waals surface area contributed by atoms with E-state index in [-0.39, 0.29) is 23.5 Å². The van der Waals surface area contributed by atoms with Crippen LogP contribution in [0.2, 0.25) is 0 Å². The monoisotopic (exact) mass is 402 g/mol. The lowest BCUT2D eigenvalue weighted by Gasteiger charge is -2.20. The number of hydrogen-bond donors (Lipinski definition) is 2. The van der Waals surface area contributed by atoms with Gasteiger partial charge in [0.15, 0.2) is 5.96 Å². The minimum absolute atomic E-state index is 0.0465. The fraction of sp³-hybridized carbons (Fsp3) is 0.652. The number of guanidine groups is 1. The molecule has 29 heavy (non-hydrogen) atoms. The second-order valence-corrected chi connectivity index (χ2v) is 8.99. The van der Waals surface area contributed by atoms with Gasteiger partial charge in [-0.1, -0.05) is 38.1 Å². The molecule has 6 heteroatoms. The predicted octanol–water partition coefficient (Wildman–Crippen LogP) is 3.31. The van der Waals surface area contributed by atoms with Crippen molar-refractivity contribution in [1.82, 2.24) is 15.5 Å². The Morgan fingerprint density at radius 2 is 2.03 bits per heavy atom. The van der Waals surface area contributed by atoms with Crippen LogP contribution in [0.15, 0.2) is 29.3 Å². The molecule has 1 aromatic carbocycles. The van der Waals surface area contributed by atoms with Crippen molar-refractivity contribution in [1.29, 1.82) is 0 Å². The highest BCUT2D eigenvalue weighted by molar-refractivity contribution is 5.81. The van der Waals surface area contributed by atoms with Crippen molar-refractivity contribution in [2.24, 2.45) is 10.9 Å². The van der Waals surface area contributed by atoms with Crippen LogP contribution in [0.3, 0.4) is 0 Å². The molecule has 0 aromatic heterocycles. The first kappa shape index (κ1) is 23.2. The Morgan fingerprint density at radius 1 is 1.31 bits per heavy atom. The molecular weight excluding hydrogens is 364 g/mol. The van der Waals surface area contributed by atoms with Gasteiger partial charge in [0.1, 0.15) is 0 Å². The van der Waals surface area contributed by atoms with Crippen LogP contribution >= 0.6 is 0 Å². The summed E-state index contributed by atoms with van der Waals surface area (Å²) in [5.41, 5.74) is 2.16. The van der Waals surface area contributed by atoms with Gasteiger partial charge in [0.2, 0.25) is 5.91 Å². The summed E-state index contributed by atoms with van der Waals surface area (Å²) in [6.45, 7) is 15.7. The van der Waals surface area contributed by atoms with E-state index in [1.54, 1.807) is 0 Å². The van der Waals surface area contributed by atoms with E-state index in [1.165, 1.54) is 0 Å². The zero-order chi connectivity index (χ0) is 21.4. The molecule has 1 saturated heterocycles. The highest BCUT2D eigenvalue weighted by Gasteiger charge is 2.27. The van der Waals surface area contributed by atoms with Crippen LogP contribution in [0.1, 0.15) is 59.1 Å². The standard InChI is InChI=1S/C23H38N4O2/c1-7-24-22(26-20-11-12-27(15-20)21(28)17(2)3)25-14-18-9-8-10-19(13-18)16-29-23(4,5)6/h8-10,13,17,20H,7,11-12,14-16H2,1-6H3,(H2,24,25,26). The van der Waals surface area contributed by atoms with Gasteiger partial charge in [-0.3, -0.25) is 4.79 Å². The van der Waals surface area contributed by atoms with Crippen LogP contribution in [0.4, 0.5) is 0 Å². The van der Waals surface area contributed by atoms with Gasteiger partial charge < -0.3 is 20.3 Å². The Bertz CT molecular complexity index is 694. The molecule has 1 heterocycles. The Kier molecular flexibility index (Phi) is 8.50. The summed E-state index contributed by atoms with van der Waals surface area (Å²) in [5, 5.41) is 6.81. The fourth-order valence-corrected chi connectivity index (χ4v) is 3.24. The SMILES string of the molecule is CCNC(=NCc1cccc(COC(C)(C)C)c1)NC1CCN(C(=O)C(C)C)C1. The lowest BCUT2D eigenvalue weighted by Crippen LogP contribution is -2.45. The van der Waals surface area contributed by atoms with Crippen LogP contribution in [0.25, 0.3) is 0 Å². The third-order valence-corrected chi connectivity index (χ3v) is 4.76. The summed E-state index contributed by atoms with van der Waals surface area (Å²) in [6, 6.07) is 8.62. The summed E-state index contributed by atoms with van der Waals surface area (Å²) in [5.74, 6) is 1.07. The van der Waals surface area contributed by atoms with E-state index in [9.17, 15) is 4.79 Å². The van der Waals surface area contributed by atoms with Crippen LogP contribution in [-0.4, -0.2) is 48.0 Å². The molecule has 2 N–H and O–H groups in total. The van der Waals surface area contributed by atoms with E-state index in [1.807, 2.05) is 18.7 Å². The van der Waals surface area contributed by atoms with Crippen LogP contribution in [0.5, 0.6) is 0 Å². The largest absolute Gasteiger partial charge is 0.371 e. The zero-order valence-electron chi connectivity index (χ0n) is 18.9. The number of benzene rings is 1. The van der Waals surface area contributed by atoms with Gasteiger partial charge in [0.25, 0.3) is 0 Å². The van der Waals surface area contributed by atoms with E-state index in [2.05, 4.69) is 62.6 Å². The number of nitrogens with one attached hydrogen (secondary N) is 2. The second-order valence-electron chi connectivity index (χ2n) is 8.99. The molecule has 1 fully saturated rings. The maximum absolute atomic E-state index is 12.2. The average molecular weight is 403 g/mol. The molecule has 2 rings (SSSR count). The van der Waals surface area contributed by atoms with Gasteiger partial charge in [0, 0.05) is 31.6 Å². The number of aliphatic imine (C=N–C) groups is 1. The lowest BCUT2D eigenvalue weighted by molar-refractivity contribution is -0.133. The molecule has 1 aromatic rings. The van der Waals surface area contributed by atoms with Crippen molar-refractivity contribution >= 4 is 11.9 Å². The maximum atomic E-state index is 12.2. The van der Waals surface area contributed by atoms with Crippen molar-refractivity contribution in [2.45, 2.75) is 72.8 Å².